The Bertz CT molecular complexity index is 316. The van der Waals surface area contributed by atoms with Crippen molar-refractivity contribution >= 4 is 11.7 Å². The predicted octanol–water partition coefficient (Wildman–Crippen LogP) is 0.845. The second-order valence-corrected chi connectivity index (χ2v) is 2.49. The zero-order chi connectivity index (χ0) is 9.84. The molecule has 0 atom stereocenters. The van der Waals surface area contributed by atoms with E-state index in [0.29, 0.717) is 5.69 Å². The summed E-state index contributed by atoms with van der Waals surface area (Å²) in [6, 6.07) is 5.18. The molecule has 1 aromatic rings. The van der Waals surface area contributed by atoms with Crippen molar-refractivity contribution in [2.45, 2.75) is 0 Å². The molecule has 0 saturated heterocycles. The molecular weight excluding hydrogens is 173 g/mol. The van der Waals surface area contributed by atoms with Crippen molar-refractivity contribution in [2.24, 2.45) is 5.84 Å². The lowest BCUT2D eigenvalue weighted by molar-refractivity contribution is 0.247. The lowest BCUT2D eigenvalue weighted by atomic mass is 10.3. The van der Waals surface area contributed by atoms with E-state index in [1.54, 1.807) is 6.07 Å². The number of urea groups is 1. The molecule has 0 aromatic heterocycles. The Balaban J connectivity index is 2.88. The molecule has 5 heteroatoms. The number of nitrogens with one attached hydrogen (secondary N) is 1. The van der Waals surface area contributed by atoms with E-state index in [1.165, 1.54) is 30.1 Å². The molecule has 2 amide bonds. The molecule has 4 nitrogen and oxygen atoms in total. The molecule has 0 fully saturated rings. The van der Waals surface area contributed by atoms with Gasteiger partial charge in [0.05, 0.1) is 0 Å². The van der Waals surface area contributed by atoms with Gasteiger partial charge in [-0.05, 0) is 18.2 Å². The maximum atomic E-state index is 12.7. The fourth-order valence-corrected chi connectivity index (χ4v) is 0.899. The van der Waals surface area contributed by atoms with Crippen molar-refractivity contribution in [1.82, 2.24) is 5.43 Å². The maximum Gasteiger partial charge on any atom is 0.335 e. The number of anilines is 1. The number of hydrazine groups is 1. The van der Waals surface area contributed by atoms with Crippen molar-refractivity contribution in [3.63, 3.8) is 0 Å². The fourth-order valence-electron chi connectivity index (χ4n) is 0.899. The van der Waals surface area contributed by atoms with Crippen LogP contribution in [0.15, 0.2) is 24.3 Å². The third kappa shape index (κ3) is 2.16. The highest BCUT2D eigenvalue weighted by molar-refractivity contribution is 5.90. The van der Waals surface area contributed by atoms with Gasteiger partial charge in [0.15, 0.2) is 0 Å². The third-order valence-corrected chi connectivity index (χ3v) is 1.62. The summed E-state index contributed by atoms with van der Waals surface area (Å²) < 4.78 is 12.7. The molecule has 0 saturated carbocycles. The third-order valence-electron chi connectivity index (χ3n) is 1.62. The molecule has 0 unspecified atom stereocenters. The molecule has 3 N–H and O–H groups in total. The van der Waals surface area contributed by atoms with Crippen LogP contribution in [0.25, 0.3) is 0 Å². The van der Waals surface area contributed by atoms with Crippen LogP contribution in [0.3, 0.4) is 0 Å². The Morgan fingerprint density at radius 2 is 2.31 bits per heavy atom. The van der Waals surface area contributed by atoms with Gasteiger partial charge in [-0.1, -0.05) is 6.07 Å². The van der Waals surface area contributed by atoms with Gasteiger partial charge in [-0.25, -0.2) is 15.0 Å². The van der Waals surface area contributed by atoms with Gasteiger partial charge in [-0.2, -0.15) is 0 Å². The lowest BCUT2D eigenvalue weighted by Gasteiger charge is -2.15. The van der Waals surface area contributed by atoms with Gasteiger partial charge in [-0.15, -0.1) is 0 Å². The standard InChI is InChI=1S/C8H10FN3O/c1-12(8(13)11-10)7-4-2-3-6(9)5-7/h2-5H,10H2,1H3,(H,11,13). The molecule has 1 aromatic carbocycles. The van der Waals surface area contributed by atoms with Crippen molar-refractivity contribution in [3.05, 3.63) is 30.1 Å². The summed E-state index contributed by atoms with van der Waals surface area (Å²) in [5.41, 5.74) is 2.39. The van der Waals surface area contributed by atoms with E-state index >= 15 is 0 Å². The summed E-state index contributed by atoms with van der Waals surface area (Å²) in [7, 11) is 1.50. The van der Waals surface area contributed by atoms with Crippen molar-refractivity contribution < 1.29 is 9.18 Å². The van der Waals surface area contributed by atoms with Crippen LogP contribution in [-0.2, 0) is 0 Å². The maximum absolute atomic E-state index is 12.7. The van der Waals surface area contributed by atoms with Gasteiger partial charge >= 0.3 is 6.03 Å². The van der Waals surface area contributed by atoms with E-state index in [-0.39, 0.29) is 0 Å². The summed E-state index contributed by atoms with van der Waals surface area (Å²) in [5, 5.41) is 0. The van der Waals surface area contributed by atoms with Gasteiger partial charge in [0.25, 0.3) is 0 Å². The van der Waals surface area contributed by atoms with Crippen LogP contribution in [0.4, 0.5) is 14.9 Å². The summed E-state index contributed by atoms with van der Waals surface area (Å²) in [6.45, 7) is 0. The SMILES string of the molecule is CN(C(=O)NN)c1cccc(F)c1. The van der Waals surface area contributed by atoms with Crippen LogP contribution in [0.5, 0.6) is 0 Å². The number of benzene rings is 1. The average molecular weight is 183 g/mol. The molecule has 0 spiro atoms. The van der Waals surface area contributed by atoms with E-state index in [9.17, 15) is 9.18 Å². The largest absolute Gasteiger partial charge is 0.335 e. The number of hydrogen-bond donors (Lipinski definition) is 2. The lowest BCUT2D eigenvalue weighted by Crippen LogP contribution is -2.41. The molecule has 13 heavy (non-hydrogen) atoms. The molecule has 0 aliphatic heterocycles. The second-order valence-electron chi connectivity index (χ2n) is 2.49. The highest BCUT2D eigenvalue weighted by Gasteiger charge is 2.08. The van der Waals surface area contributed by atoms with E-state index in [0.717, 1.165) is 0 Å². The van der Waals surface area contributed by atoms with E-state index < -0.39 is 11.8 Å². The number of nitrogens with zero attached hydrogens (tertiary/aromatic N) is 1. The minimum atomic E-state index is -0.495. The Labute approximate surface area is 75.1 Å². The molecule has 0 bridgehead atoms. The highest BCUT2D eigenvalue weighted by atomic mass is 19.1. The number of carbonyl (C=O) groups excluding carboxylic acids is 1. The van der Waals surface area contributed by atoms with Crippen LogP contribution >= 0.6 is 0 Å². The van der Waals surface area contributed by atoms with Crippen molar-refractivity contribution in [1.29, 1.82) is 0 Å². The van der Waals surface area contributed by atoms with E-state index in [2.05, 4.69) is 0 Å². The number of nitrogens with two attached hydrogens (primary N) is 1. The van der Waals surface area contributed by atoms with Crippen LogP contribution < -0.4 is 16.2 Å². The van der Waals surface area contributed by atoms with Crippen LogP contribution in [0.1, 0.15) is 0 Å². The molecule has 1 rings (SSSR count). The zero-order valence-electron chi connectivity index (χ0n) is 7.12. The predicted molar refractivity (Wildman–Crippen MR) is 47.5 cm³/mol. The minimum absolute atomic E-state index is 0.394. The number of hydrogen-bond acceptors (Lipinski definition) is 2. The number of halogens is 1. The number of carbonyl (C=O) groups is 1. The molecule has 0 heterocycles. The fraction of sp³-hybridized carbons (Fsp3) is 0.125. The van der Waals surface area contributed by atoms with Crippen molar-refractivity contribution in [3.8, 4) is 0 Å². The first-order chi connectivity index (χ1) is 6.15. The smallest absolute Gasteiger partial charge is 0.296 e. The molecular formula is C8H10FN3O. The van der Waals surface area contributed by atoms with Crippen LogP contribution in [-0.4, -0.2) is 13.1 Å². The van der Waals surface area contributed by atoms with E-state index in [1.807, 2.05) is 5.43 Å². The van der Waals surface area contributed by atoms with Gasteiger partial charge in [0, 0.05) is 12.7 Å². The first kappa shape index (κ1) is 9.47. The Kier molecular flexibility index (Phi) is 2.81. The Morgan fingerprint density at radius 3 is 2.85 bits per heavy atom. The Morgan fingerprint density at radius 1 is 1.62 bits per heavy atom. The Hall–Kier alpha value is -1.62. The molecule has 0 aliphatic carbocycles. The first-order valence-electron chi connectivity index (χ1n) is 3.65. The number of rotatable bonds is 1. The zero-order valence-corrected chi connectivity index (χ0v) is 7.12. The van der Waals surface area contributed by atoms with Crippen molar-refractivity contribution in [2.75, 3.05) is 11.9 Å². The minimum Gasteiger partial charge on any atom is -0.296 e. The quantitative estimate of drug-likeness (QED) is 0.385. The summed E-state index contributed by atoms with van der Waals surface area (Å²) in [6.07, 6.45) is 0. The highest BCUT2D eigenvalue weighted by Crippen LogP contribution is 2.13. The molecule has 0 aliphatic rings. The molecule has 70 valence electrons. The molecule has 0 radical (unpaired) electrons. The van der Waals surface area contributed by atoms with Gasteiger partial charge in [0.2, 0.25) is 0 Å². The van der Waals surface area contributed by atoms with Gasteiger partial charge < -0.3 is 0 Å². The average Bonchev–Trinajstić information content (AvgIpc) is 2.15. The van der Waals surface area contributed by atoms with Gasteiger partial charge in [-0.3, -0.25) is 10.3 Å². The first-order valence-corrected chi connectivity index (χ1v) is 3.65. The summed E-state index contributed by atoms with van der Waals surface area (Å²) in [5.74, 6) is 4.52. The normalized spacial score (nSPS) is 9.46. The monoisotopic (exact) mass is 183 g/mol. The topological polar surface area (TPSA) is 58.4 Å². The van der Waals surface area contributed by atoms with Crippen LogP contribution in [0, 0.1) is 5.82 Å². The van der Waals surface area contributed by atoms with E-state index in [4.69, 9.17) is 5.84 Å². The second kappa shape index (κ2) is 3.86. The van der Waals surface area contributed by atoms with Crippen LogP contribution in [0.2, 0.25) is 0 Å². The summed E-state index contributed by atoms with van der Waals surface area (Å²) in [4.78, 5) is 12.2. The number of amides is 2. The van der Waals surface area contributed by atoms with Gasteiger partial charge in [0.1, 0.15) is 5.82 Å². The summed E-state index contributed by atoms with van der Waals surface area (Å²) >= 11 is 0.